The second-order valence-corrected chi connectivity index (χ2v) is 8.38. The molecule has 2 aromatic rings. The minimum absolute atomic E-state index is 0.0712. The van der Waals surface area contributed by atoms with E-state index in [4.69, 9.17) is 0 Å². The molecule has 1 aliphatic rings. The zero-order valence-corrected chi connectivity index (χ0v) is 18.3. The SMILES string of the molecule is CC(C)N(Cc1ccccc1)C(=O)CN1C(=O)N[C@](C)(c2ccccc2Br)C1=O. The summed E-state index contributed by atoms with van der Waals surface area (Å²) >= 11 is 3.44. The van der Waals surface area contributed by atoms with Crippen LogP contribution in [0.15, 0.2) is 59.1 Å². The Morgan fingerprint density at radius 3 is 2.34 bits per heavy atom. The Labute approximate surface area is 179 Å². The van der Waals surface area contributed by atoms with Crippen LogP contribution >= 0.6 is 15.9 Å². The van der Waals surface area contributed by atoms with Crippen LogP contribution in [0.5, 0.6) is 0 Å². The monoisotopic (exact) mass is 457 g/mol. The lowest BCUT2D eigenvalue weighted by Crippen LogP contribution is -2.46. The number of nitrogens with zero attached hydrogens (tertiary/aromatic N) is 2. The molecule has 1 fully saturated rings. The van der Waals surface area contributed by atoms with Crippen molar-refractivity contribution < 1.29 is 14.4 Å². The van der Waals surface area contributed by atoms with Crippen molar-refractivity contribution >= 4 is 33.8 Å². The molecule has 0 unspecified atom stereocenters. The number of halogens is 1. The number of nitrogens with one attached hydrogen (secondary N) is 1. The van der Waals surface area contributed by atoms with E-state index in [1.54, 1.807) is 24.0 Å². The van der Waals surface area contributed by atoms with Gasteiger partial charge < -0.3 is 10.2 Å². The Balaban J connectivity index is 1.80. The van der Waals surface area contributed by atoms with E-state index >= 15 is 0 Å². The molecule has 0 bridgehead atoms. The van der Waals surface area contributed by atoms with Gasteiger partial charge in [-0.3, -0.25) is 14.5 Å². The van der Waals surface area contributed by atoms with E-state index in [9.17, 15) is 14.4 Å². The van der Waals surface area contributed by atoms with Crippen LogP contribution in [-0.4, -0.2) is 40.2 Å². The predicted molar refractivity (Wildman–Crippen MR) is 114 cm³/mol. The van der Waals surface area contributed by atoms with Gasteiger partial charge in [0, 0.05) is 22.6 Å². The molecular weight excluding hydrogens is 434 g/mol. The number of hydrogen-bond acceptors (Lipinski definition) is 3. The average molecular weight is 458 g/mol. The molecule has 0 aliphatic carbocycles. The van der Waals surface area contributed by atoms with Gasteiger partial charge in [-0.2, -0.15) is 0 Å². The first-order chi connectivity index (χ1) is 13.7. The lowest BCUT2D eigenvalue weighted by atomic mass is 9.92. The molecular formula is C22H24BrN3O3. The third-order valence-corrected chi connectivity index (χ3v) is 5.81. The van der Waals surface area contributed by atoms with Gasteiger partial charge in [0.05, 0.1) is 0 Å². The van der Waals surface area contributed by atoms with Crippen molar-refractivity contribution in [2.75, 3.05) is 6.54 Å². The molecule has 3 rings (SSSR count). The molecule has 152 valence electrons. The van der Waals surface area contributed by atoms with Crippen molar-refractivity contribution in [1.29, 1.82) is 0 Å². The molecule has 7 heteroatoms. The second-order valence-electron chi connectivity index (χ2n) is 7.53. The number of urea groups is 1. The smallest absolute Gasteiger partial charge is 0.325 e. The molecule has 1 aliphatic heterocycles. The van der Waals surface area contributed by atoms with Crippen molar-refractivity contribution in [3.05, 3.63) is 70.2 Å². The summed E-state index contributed by atoms with van der Waals surface area (Å²) in [5.41, 5.74) is 0.419. The summed E-state index contributed by atoms with van der Waals surface area (Å²) in [4.78, 5) is 41.4. The van der Waals surface area contributed by atoms with Gasteiger partial charge >= 0.3 is 6.03 Å². The zero-order chi connectivity index (χ0) is 21.2. The summed E-state index contributed by atoms with van der Waals surface area (Å²) in [5, 5.41) is 2.75. The summed E-state index contributed by atoms with van der Waals surface area (Å²) in [6.07, 6.45) is 0. The maximum Gasteiger partial charge on any atom is 0.325 e. The summed E-state index contributed by atoms with van der Waals surface area (Å²) in [6, 6.07) is 16.2. The predicted octanol–water partition coefficient (Wildman–Crippen LogP) is 3.65. The number of rotatable bonds is 6. The van der Waals surface area contributed by atoms with Gasteiger partial charge in [-0.05, 0) is 32.4 Å². The lowest BCUT2D eigenvalue weighted by Gasteiger charge is -2.29. The molecule has 1 saturated heterocycles. The maximum absolute atomic E-state index is 13.1. The Hall–Kier alpha value is -2.67. The second kappa shape index (κ2) is 8.37. The first-order valence-electron chi connectivity index (χ1n) is 9.46. The van der Waals surface area contributed by atoms with Gasteiger partial charge in [0.15, 0.2) is 0 Å². The zero-order valence-electron chi connectivity index (χ0n) is 16.7. The van der Waals surface area contributed by atoms with Crippen molar-refractivity contribution in [2.45, 2.75) is 38.9 Å². The van der Waals surface area contributed by atoms with Crippen molar-refractivity contribution in [2.24, 2.45) is 0 Å². The largest absolute Gasteiger partial charge is 0.334 e. The molecule has 1 N–H and O–H groups in total. The highest BCUT2D eigenvalue weighted by Gasteiger charge is 2.50. The fourth-order valence-electron chi connectivity index (χ4n) is 3.45. The number of amides is 4. The van der Waals surface area contributed by atoms with E-state index in [0.717, 1.165) is 14.9 Å². The molecule has 6 nitrogen and oxygen atoms in total. The molecule has 4 amide bonds. The van der Waals surface area contributed by atoms with E-state index < -0.39 is 17.5 Å². The number of carbonyl (C=O) groups excluding carboxylic acids is 3. The lowest BCUT2D eigenvalue weighted by molar-refractivity contribution is -0.140. The van der Waals surface area contributed by atoms with Crippen LogP contribution in [0.2, 0.25) is 0 Å². The Morgan fingerprint density at radius 1 is 1.10 bits per heavy atom. The Kier molecular flexibility index (Phi) is 6.07. The molecule has 2 aromatic carbocycles. The molecule has 0 spiro atoms. The topological polar surface area (TPSA) is 69.7 Å². The number of carbonyl (C=O) groups is 3. The van der Waals surface area contributed by atoms with Crippen molar-refractivity contribution in [3.63, 3.8) is 0 Å². The number of hydrogen-bond donors (Lipinski definition) is 1. The van der Waals surface area contributed by atoms with Crippen LogP contribution in [0, 0.1) is 0 Å². The third-order valence-electron chi connectivity index (χ3n) is 5.12. The molecule has 29 heavy (non-hydrogen) atoms. The van der Waals surface area contributed by atoms with E-state index in [1.807, 2.05) is 56.3 Å². The highest BCUT2D eigenvalue weighted by atomic mass is 79.9. The van der Waals surface area contributed by atoms with Crippen LogP contribution in [0.3, 0.4) is 0 Å². The van der Waals surface area contributed by atoms with Gasteiger partial charge in [0.2, 0.25) is 5.91 Å². The summed E-state index contributed by atoms with van der Waals surface area (Å²) < 4.78 is 0.720. The summed E-state index contributed by atoms with van der Waals surface area (Å²) in [7, 11) is 0. The molecule has 1 atom stereocenters. The van der Waals surface area contributed by atoms with E-state index in [0.29, 0.717) is 12.1 Å². The third kappa shape index (κ3) is 4.19. The normalized spacial score (nSPS) is 18.9. The first kappa shape index (κ1) is 21.0. The van der Waals surface area contributed by atoms with Crippen LogP contribution in [0.4, 0.5) is 4.79 Å². The van der Waals surface area contributed by atoms with Crippen molar-refractivity contribution in [3.8, 4) is 0 Å². The standard InChI is InChI=1S/C22H24BrN3O3/c1-15(2)25(13-16-9-5-4-6-10-16)19(27)14-26-20(28)22(3,24-21(26)29)17-11-7-8-12-18(17)23/h4-12,15H,13-14H2,1-3H3,(H,24,29)/t22-/m1/s1. The average Bonchev–Trinajstić information content (AvgIpc) is 2.90. The van der Waals surface area contributed by atoms with Gasteiger partial charge in [0.25, 0.3) is 5.91 Å². The highest BCUT2D eigenvalue weighted by molar-refractivity contribution is 9.10. The minimum Gasteiger partial charge on any atom is -0.334 e. The maximum atomic E-state index is 13.1. The van der Waals surface area contributed by atoms with Crippen LogP contribution in [0.25, 0.3) is 0 Å². The van der Waals surface area contributed by atoms with Gasteiger partial charge in [-0.25, -0.2) is 4.79 Å². The quantitative estimate of drug-likeness (QED) is 0.672. The van der Waals surface area contributed by atoms with Gasteiger partial charge in [-0.1, -0.05) is 64.5 Å². The minimum atomic E-state index is -1.22. The Morgan fingerprint density at radius 2 is 1.72 bits per heavy atom. The van der Waals surface area contributed by atoms with Crippen LogP contribution in [-0.2, 0) is 21.7 Å². The van der Waals surface area contributed by atoms with Crippen LogP contribution < -0.4 is 5.32 Å². The van der Waals surface area contributed by atoms with Crippen LogP contribution in [0.1, 0.15) is 31.9 Å². The Bertz CT molecular complexity index is 932. The number of imide groups is 1. The van der Waals surface area contributed by atoms with Gasteiger partial charge in [0.1, 0.15) is 12.1 Å². The van der Waals surface area contributed by atoms with E-state index in [2.05, 4.69) is 21.2 Å². The molecule has 0 radical (unpaired) electrons. The fourth-order valence-corrected chi connectivity index (χ4v) is 4.14. The first-order valence-corrected chi connectivity index (χ1v) is 10.3. The molecule has 0 saturated carbocycles. The van der Waals surface area contributed by atoms with E-state index in [1.165, 1.54) is 0 Å². The van der Waals surface area contributed by atoms with E-state index in [-0.39, 0.29) is 18.5 Å². The molecule has 1 heterocycles. The summed E-state index contributed by atoms with van der Waals surface area (Å²) in [6.45, 7) is 5.61. The summed E-state index contributed by atoms with van der Waals surface area (Å²) in [5.74, 6) is -0.713. The van der Waals surface area contributed by atoms with Crippen molar-refractivity contribution in [1.82, 2.24) is 15.1 Å². The highest BCUT2D eigenvalue weighted by Crippen LogP contribution is 2.33. The molecule has 0 aromatic heterocycles. The van der Waals surface area contributed by atoms with Gasteiger partial charge in [-0.15, -0.1) is 0 Å². The number of benzene rings is 2. The fraction of sp³-hybridized carbons (Fsp3) is 0.318.